The third kappa shape index (κ3) is 5.17. The molecular weight excluding hydrogens is 239 g/mol. The predicted octanol–water partition coefficient (Wildman–Crippen LogP) is 4.52. The van der Waals surface area contributed by atoms with E-state index in [-0.39, 0.29) is 18.9 Å². The molecule has 0 aromatic carbocycles. The summed E-state index contributed by atoms with van der Waals surface area (Å²) in [7, 11) is 0. The molecule has 0 aliphatic carbocycles. The van der Waals surface area contributed by atoms with Gasteiger partial charge in [0, 0.05) is 6.04 Å². The van der Waals surface area contributed by atoms with Crippen LogP contribution in [-0.2, 0) is 0 Å². The number of piperidine rings is 1. The van der Waals surface area contributed by atoms with Crippen molar-refractivity contribution in [3.8, 4) is 0 Å². The Labute approximate surface area is 109 Å². The molecule has 0 aromatic heterocycles. The highest BCUT2D eigenvalue weighted by Crippen LogP contribution is 2.35. The second kappa shape index (κ2) is 7.37. The molecule has 1 aliphatic rings. The summed E-state index contributed by atoms with van der Waals surface area (Å²) >= 11 is 0. The Morgan fingerprint density at radius 3 is 2.56 bits per heavy atom. The van der Waals surface area contributed by atoms with E-state index in [0.717, 1.165) is 19.3 Å². The van der Waals surface area contributed by atoms with Crippen LogP contribution in [0.3, 0.4) is 0 Å². The van der Waals surface area contributed by atoms with Gasteiger partial charge in [0.1, 0.15) is 0 Å². The van der Waals surface area contributed by atoms with Crippen LogP contribution in [0.2, 0.25) is 0 Å². The molecule has 0 amide bonds. The van der Waals surface area contributed by atoms with E-state index in [1.807, 2.05) is 0 Å². The number of rotatable bonds is 6. The summed E-state index contributed by atoms with van der Waals surface area (Å²) in [6.07, 6.45) is 2.00. The average molecular weight is 265 g/mol. The van der Waals surface area contributed by atoms with Crippen molar-refractivity contribution in [2.24, 2.45) is 11.8 Å². The van der Waals surface area contributed by atoms with E-state index >= 15 is 0 Å². The second-order valence-corrected chi connectivity index (χ2v) is 5.57. The highest BCUT2D eigenvalue weighted by atomic mass is 19.4. The van der Waals surface area contributed by atoms with E-state index in [1.165, 1.54) is 12.8 Å². The van der Waals surface area contributed by atoms with Crippen LogP contribution >= 0.6 is 0 Å². The van der Waals surface area contributed by atoms with E-state index in [4.69, 9.17) is 0 Å². The van der Waals surface area contributed by atoms with Crippen LogP contribution in [0.5, 0.6) is 0 Å². The van der Waals surface area contributed by atoms with Gasteiger partial charge in [-0.2, -0.15) is 13.2 Å². The standard InChI is InChI=1S/C14H26F3N/c1-3-5-6-11(4-2)9-13-10-12(7-8-18-13)14(15,16)17/h11-13,18H,3-10H2,1-2H3. The highest BCUT2D eigenvalue weighted by molar-refractivity contribution is 4.83. The van der Waals surface area contributed by atoms with Crippen molar-refractivity contribution in [2.45, 2.75) is 71.0 Å². The minimum Gasteiger partial charge on any atom is -0.314 e. The lowest BCUT2D eigenvalue weighted by molar-refractivity contribution is -0.183. The van der Waals surface area contributed by atoms with Gasteiger partial charge in [0.15, 0.2) is 0 Å². The van der Waals surface area contributed by atoms with Crippen LogP contribution < -0.4 is 5.32 Å². The third-order valence-electron chi connectivity index (χ3n) is 4.12. The molecule has 0 bridgehead atoms. The fourth-order valence-corrected chi connectivity index (χ4v) is 2.87. The van der Waals surface area contributed by atoms with Gasteiger partial charge in [-0.1, -0.05) is 39.5 Å². The first-order valence-corrected chi connectivity index (χ1v) is 7.27. The van der Waals surface area contributed by atoms with Crippen LogP contribution in [0.15, 0.2) is 0 Å². The molecule has 1 N–H and O–H groups in total. The van der Waals surface area contributed by atoms with Crippen LogP contribution in [0, 0.1) is 11.8 Å². The van der Waals surface area contributed by atoms with E-state index in [2.05, 4.69) is 19.2 Å². The van der Waals surface area contributed by atoms with Gasteiger partial charge in [-0.05, 0) is 31.7 Å². The summed E-state index contributed by atoms with van der Waals surface area (Å²) in [6, 6.07) is 0.0622. The van der Waals surface area contributed by atoms with Crippen molar-refractivity contribution >= 4 is 0 Å². The topological polar surface area (TPSA) is 12.0 Å². The molecule has 0 saturated carbocycles. The number of nitrogens with one attached hydrogen (secondary N) is 1. The van der Waals surface area contributed by atoms with E-state index in [9.17, 15) is 13.2 Å². The normalized spacial score (nSPS) is 27.2. The summed E-state index contributed by atoms with van der Waals surface area (Å²) in [5, 5.41) is 3.26. The largest absolute Gasteiger partial charge is 0.391 e. The minimum absolute atomic E-state index is 0.0622. The lowest BCUT2D eigenvalue weighted by Crippen LogP contribution is -2.43. The number of unbranched alkanes of at least 4 members (excludes halogenated alkanes) is 1. The SMILES string of the molecule is CCCCC(CC)CC1CC(C(F)(F)F)CCN1. The van der Waals surface area contributed by atoms with Gasteiger partial charge in [-0.15, -0.1) is 0 Å². The van der Waals surface area contributed by atoms with Gasteiger partial charge >= 0.3 is 6.18 Å². The molecule has 1 nitrogen and oxygen atoms in total. The Bertz CT molecular complexity index is 228. The maximum absolute atomic E-state index is 12.7. The quantitative estimate of drug-likeness (QED) is 0.744. The Morgan fingerprint density at radius 2 is 2.00 bits per heavy atom. The zero-order valence-electron chi connectivity index (χ0n) is 11.5. The molecule has 108 valence electrons. The Balaban J connectivity index is 2.41. The van der Waals surface area contributed by atoms with E-state index < -0.39 is 12.1 Å². The number of halogens is 3. The van der Waals surface area contributed by atoms with Crippen molar-refractivity contribution in [1.82, 2.24) is 5.32 Å². The Kier molecular flexibility index (Phi) is 6.47. The molecule has 3 unspecified atom stereocenters. The van der Waals surface area contributed by atoms with Crippen LogP contribution in [0.1, 0.15) is 58.8 Å². The summed E-state index contributed by atoms with van der Waals surface area (Å²) in [6.45, 7) is 4.81. The first kappa shape index (κ1) is 15.8. The summed E-state index contributed by atoms with van der Waals surface area (Å²) in [5.41, 5.74) is 0. The van der Waals surface area contributed by atoms with Gasteiger partial charge in [0.2, 0.25) is 0 Å². The van der Waals surface area contributed by atoms with Crippen molar-refractivity contribution in [2.75, 3.05) is 6.54 Å². The molecule has 18 heavy (non-hydrogen) atoms. The summed E-state index contributed by atoms with van der Waals surface area (Å²) < 4.78 is 38.1. The molecule has 0 spiro atoms. The van der Waals surface area contributed by atoms with Crippen LogP contribution in [0.25, 0.3) is 0 Å². The lowest BCUT2D eigenvalue weighted by Gasteiger charge is -2.33. The zero-order valence-corrected chi connectivity index (χ0v) is 11.5. The second-order valence-electron chi connectivity index (χ2n) is 5.57. The highest BCUT2D eigenvalue weighted by Gasteiger charge is 2.42. The van der Waals surface area contributed by atoms with Gasteiger partial charge in [-0.3, -0.25) is 0 Å². The van der Waals surface area contributed by atoms with Gasteiger partial charge in [0.05, 0.1) is 5.92 Å². The predicted molar refractivity (Wildman–Crippen MR) is 68.5 cm³/mol. The summed E-state index contributed by atoms with van der Waals surface area (Å²) in [5.74, 6) is -0.512. The first-order valence-electron chi connectivity index (χ1n) is 7.27. The lowest BCUT2D eigenvalue weighted by atomic mass is 9.84. The summed E-state index contributed by atoms with van der Waals surface area (Å²) in [4.78, 5) is 0. The molecule has 4 heteroatoms. The van der Waals surface area contributed by atoms with Crippen molar-refractivity contribution in [3.63, 3.8) is 0 Å². The monoisotopic (exact) mass is 265 g/mol. The molecule has 0 radical (unpaired) electrons. The maximum atomic E-state index is 12.7. The van der Waals surface area contributed by atoms with Gasteiger partial charge < -0.3 is 5.32 Å². The number of hydrogen-bond acceptors (Lipinski definition) is 1. The first-order chi connectivity index (χ1) is 8.47. The molecule has 1 fully saturated rings. The number of hydrogen-bond donors (Lipinski definition) is 1. The zero-order chi connectivity index (χ0) is 13.6. The smallest absolute Gasteiger partial charge is 0.314 e. The molecule has 1 aliphatic heterocycles. The average Bonchev–Trinajstić information content (AvgIpc) is 2.33. The van der Waals surface area contributed by atoms with Gasteiger partial charge in [0.25, 0.3) is 0 Å². The van der Waals surface area contributed by atoms with Crippen molar-refractivity contribution in [3.05, 3.63) is 0 Å². The Morgan fingerprint density at radius 1 is 1.28 bits per heavy atom. The minimum atomic E-state index is -4.01. The molecule has 1 rings (SSSR count). The van der Waals surface area contributed by atoms with Crippen LogP contribution in [0.4, 0.5) is 13.2 Å². The fraction of sp³-hybridized carbons (Fsp3) is 1.00. The number of alkyl halides is 3. The van der Waals surface area contributed by atoms with E-state index in [0.29, 0.717) is 12.5 Å². The molecule has 1 heterocycles. The molecule has 1 saturated heterocycles. The van der Waals surface area contributed by atoms with Crippen molar-refractivity contribution < 1.29 is 13.2 Å². The van der Waals surface area contributed by atoms with Crippen LogP contribution in [-0.4, -0.2) is 18.8 Å². The fourth-order valence-electron chi connectivity index (χ4n) is 2.87. The molecular formula is C14H26F3N. The van der Waals surface area contributed by atoms with Gasteiger partial charge in [-0.25, -0.2) is 0 Å². The van der Waals surface area contributed by atoms with E-state index in [1.54, 1.807) is 0 Å². The van der Waals surface area contributed by atoms with Crippen molar-refractivity contribution in [1.29, 1.82) is 0 Å². The third-order valence-corrected chi connectivity index (χ3v) is 4.12. The maximum Gasteiger partial charge on any atom is 0.391 e. The molecule has 0 aromatic rings. The Hall–Kier alpha value is -0.250. The molecule has 3 atom stereocenters.